The van der Waals surface area contributed by atoms with Crippen LogP contribution in [0.15, 0.2) is 55.0 Å². The van der Waals surface area contributed by atoms with Crippen molar-refractivity contribution in [1.82, 2.24) is 25.1 Å². The summed E-state index contributed by atoms with van der Waals surface area (Å²) in [7, 11) is 3.17. The first-order valence-corrected chi connectivity index (χ1v) is 12.3. The Morgan fingerprint density at radius 3 is 2.87 bits per heavy atom. The maximum atomic E-state index is 14.5. The zero-order chi connectivity index (χ0) is 26.6. The number of fused-ring (bicyclic) bond motifs is 1. The molecule has 3 atom stereocenters. The van der Waals surface area contributed by atoms with Gasteiger partial charge in [0.1, 0.15) is 11.5 Å². The van der Waals surface area contributed by atoms with E-state index in [1.54, 1.807) is 54.6 Å². The number of aryl methyl sites for hydroxylation is 1. The van der Waals surface area contributed by atoms with Crippen LogP contribution in [0.1, 0.15) is 40.5 Å². The van der Waals surface area contributed by atoms with E-state index in [9.17, 15) is 14.3 Å². The summed E-state index contributed by atoms with van der Waals surface area (Å²) in [6, 6.07) is 9.24. The van der Waals surface area contributed by atoms with Crippen molar-refractivity contribution in [1.29, 1.82) is 0 Å². The summed E-state index contributed by atoms with van der Waals surface area (Å²) in [4.78, 5) is 22.4. The van der Waals surface area contributed by atoms with Gasteiger partial charge in [-0.3, -0.25) is 9.48 Å². The molecule has 1 aliphatic rings. The predicted octanol–water partition coefficient (Wildman–Crippen LogP) is 2.98. The van der Waals surface area contributed by atoms with E-state index in [0.717, 1.165) is 11.8 Å². The molecular weight excluding hydrogens is 491 g/mol. The molecule has 1 saturated heterocycles. The Labute approximate surface area is 218 Å². The molecule has 1 fully saturated rings. The number of anilines is 1. The Bertz CT molecular complexity index is 1440. The number of carbonyl (C=O) groups is 1. The molecule has 0 bridgehead atoms. The highest BCUT2D eigenvalue weighted by Gasteiger charge is 2.23. The molecule has 0 radical (unpaired) electrons. The van der Waals surface area contributed by atoms with Crippen LogP contribution >= 0.6 is 0 Å². The Morgan fingerprint density at radius 2 is 2.13 bits per heavy atom. The fourth-order valence-electron chi connectivity index (χ4n) is 4.58. The molecule has 0 unspecified atom stereocenters. The zero-order valence-corrected chi connectivity index (χ0v) is 21.1. The lowest BCUT2D eigenvalue weighted by Gasteiger charge is -2.29. The highest BCUT2D eigenvalue weighted by atomic mass is 19.1. The smallest absolute Gasteiger partial charge is 0.270 e. The van der Waals surface area contributed by atoms with E-state index in [2.05, 4.69) is 25.7 Å². The Balaban J connectivity index is 1.39. The van der Waals surface area contributed by atoms with Crippen molar-refractivity contribution >= 4 is 22.6 Å². The van der Waals surface area contributed by atoms with Crippen LogP contribution in [0.3, 0.4) is 0 Å². The minimum atomic E-state index is -0.656. The third kappa shape index (κ3) is 5.58. The second-order valence-corrected chi connectivity index (χ2v) is 9.25. The van der Waals surface area contributed by atoms with E-state index < -0.39 is 17.8 Å². The highest BCUT2D eigenvalue weighted by Crippen LogP contribution is 2.27. The topological polar surface area (TPSA) is 123 Å². The first-order chi connectivity index (χ1) is 18.4. The molecule has 11 heteroatoms. The summed E-state index contributed by atoms with van der Waals surface area (Å²) in [6.07, 6.45) is 6.38. The number of hydrogen-bond acceptors (Lipinski definition) is 8. The van der Waals surface area contributed by atoms with Crippen molar-refractivity contribution in [2.45, 2.75) is 31.0 Å². The fraction of sp³-hybridized carbons (Fsp3) is 0.333. The molecule has 0 saturated carbocycles. The number of halogens is 1. The van der Waals surface area contributed by atoms with Crippen molar-refractivity contribution in [3.63, 3.8) is 0 Å². The Hall–Kier alpha value is -4.09. The normalized spacial score (nSPS) is 18.2. The molecule has 4 aromatic rings. The number of carbonyl (C=O) groups excluding carboxylic acids is 1. The zero-order valence-electron chi connectivity index (χ0n) is 21.1. The summed E-state index contributed by atoms with van der Waals surface area (Å²) in [6.45, 7) is 0.543. The molecule has 1 aromatic carbocycles. The fourth-order valence-corrected chi connectivity index (χ4v) is 4.58. The van der Waals surface area contributed by atoms with Gasteiger partial charge in [-0.1, -0.05) is 6.07 Å². The number of benzene rings is 1. The van der Waals surface area contributed by atoms with Gasteiger partial charge >= 0.3 is 0 Å². The molecule has 10 nitrogen and oxygen atoms in total. The van der Waals surface area contributed by atoms with Crippen LogP contribution < -0.4 is 15.4 Å². The lowest BCUT2D eigenvalue weighted by atomic mass is 10.0. The summed E-state index contributed by atoms with van der Waals surface area (Å²) in [5.74, 6) is -0.196. The second-order valence-electron chi connectivity index (χ2n) is 9.25. The van der Waals surface area contributed by atoms with E-state index >= 15 is 0 Å². The van der Waals surface area contributed by atoms with Crippen molar-refractivity contribution in [2.24, 2.45) is 7.05 Å². The molecule has 1 aliphatic heterocycles. The Morgan fingerprint density at radius 1 is 1.26 bits per heavy atom. The number of nitrogens with zero attached hydrogens (tertiary/aromatic N) is 4. The number of hydrogen-bond donors (Lipinski definition) is 3. The first kappa shape index (κ1) is 25.6. The van der Waals surface area contributed by atoms with Crippen molar-refractivity contribution < 1.29 is 23.8 Å². The molecule has 3 N–H and O–H groups in total. The van der Waals surface area contributed by atoms with Gasteiger partial charge in [0.2, 0.25) is 0 Å². The molecule has 3 aromatic heterocycles. The van der Waals surface area contributed by atoms with Crippen LogP contribution in [0.25, 0.3) is 10.9 Å². The van der Waals surface area contributed by atoms with E-state index in [0.29, 0.717) is 35.5 Å². The van der Waals surface area contributed by atoms with Gasteiger partial charge in [0, 0.05) is 49.1 Å². The molecule has 0 spiro atoms. The van der Waals surface area contributed by atoms with E-state index in [-0.39, 0.29) is 30.2 Å². The van der Waals surface area contributed by atoms with Gasteiger partial charge in [-0.2, -0.15) is 5.10 Å². The highest BCUT2D eigenvalue weighted by molar-refractivity contribution is 5.95. The largest absolute Gasteiger partial charge is 0.494 e. The number of rotatable bonds is 8. The van der Waals surface area contributed by atoms with Gasteiger partial charge in [0.05, 0.1) is 37.6 Å². The molecule has 1 amide bonds. The van der Waals surface area contributed by atoms with Crippen molar-refractivity contribution in [3.05, 3.63) is 77.6 Å². The quantitative estimate of drug-likeness (QED) is 0.324. The lowest BCUT2D eigenvalue weighted by Crippen LogP contribution is -2.36. The number of nitrogens with one attached hydrogen (secondary N) is 2. The molecule has 198 valence electrons. The lowest BCUT2D eigenvalue weighted by molar-refractivity contribution is -0.0213. The van der Waals surface area contributed by atoms with Crippen LogP contribution in [-0.4, -0.2) is 63.2 Å². The van der Waals surface area contributed by atoms with Crippen molar-refractivity contribution in [2.75, 3.05) is 25.6 Å². The van der Waals surface area contributed by atoms with E-state index in [4.69, 9.17) is 9.47 Å². The van der Waals surface area contributed by atoms with Crippen molar-refractivity contribution in [3.8, 4) is 5.75 Å². The second kappa shape index (κ2) is 11.1. The van der Waals surface area contributed by atoms with Crippen LogP contribution in [0.4, 0.5) is 10.2 Å². The summed E-state index contributed by atoms with van der Waals surface area (Å²) in [5, 5.41) is 20.7. The van der Waals surface area contributed by atoms with Crippen LogP contribution in [0, 0.1) is 5.82 Å². The van der Waals surface area contributed by atoms with Gasteiger partial charge in [0.15, 0.2) is 11.6 Å². The maximum Gasteiger partial charge on any atom is 0.270 e. The SMILES string of the molecule is COc1ccc([C@H](NC(=O)c2ccc3cnc(N[C@@H]4CCO[C@H](CO)C4)cc3n2)c2cnn(C)c2)cc1F. The molecule has 4 heterocycles. The molecular formula is C27H29FN6O4. The first-order valence-electron chi connectivity index (χ1n) is 12.3. The van der Waals surface area contributed by atoms with Gasteiger partial charge in [-0.25, -0.2) is 14.4 Å². The Kier molecular flexibility index (Phi) is 7.47. The monoisotopic (exact) mass is 520 g/mol. The predicted molar refractivity (Wildman–Crippen MR) is 138 cm³/mol. The third-order valence-electron chi connectivity index (χ3n) is 6.57. The van der Waals surface area contributed by atoms with E-state index in [1.165, 1.54) is 19.2 Å². The minimum absolute atomic E-state index is 0.0213. The number of aliphatic hydroxyl groups is 1. The standard InChI is InChI=1S/C27H29FN6O4/c1-34-14-18(13-30-34)26(16-4-6-24(37-2)21(28)9-16)33-27(36)22-5-3-17-12-29-25(11-23(17)32-22)31-19-7-8-38-20(10-19)15-35/h3-6,9,11-14,19-20,26,35H,7-8,10,15H2,1-2H3,(H,29,31)(H,33,36)/t19-,20+,26+/m1/s1. The summed E-state index contributed by atoms with van der Waals surface area (Å²) >= 11 is 0. The number of ether oxygens (including phenoxy) is 2. The summed E-state index contributed by atoms with van der Waals surface area (Å²) < 4.78 is 26.7. The minimum Gasteiger partial charge on any atom is -0.494 e. The molecule has 5 rings (SSSR count). The van der Waals surface area contributed by atoms with Gasteiger partial charge in [-0.05, 0) is 42.7 Å². The number of aromatic nitrogens is 4. The third-order valence-corrected chi connectivity index (χ3v) is 6.57. The summed E-state index contributed by atoms with van der Waals surface area (Å²) in [5.41, 5.74) is 2.05. The molecule has 0 aliphatic carbocycles. The maximum absolute atomic E-state index is 14.5. The van der Waals surface area contributed by atoms with Gasteiger partial charge in [-0.15, -0.1) is 0 Å². The van der Waals surface area contributed by atoms with Crippen LogP contribution in [0.5, 0.6) is 5.75 Å². The number of methoxy groups -OCH3 is 1. The molecule has 38 heavy (non-hydrogen) atoms. The van der Waals surface area contributed by atoms with Crippen LogP contribution in [0.2, 0.25) is 0 Å². The number of pyridine rings is 2. The van der Waals surface area contributed by atoms with Gasteiger partial charge in [0.25, 0.3) is 5.91 Å². The van der Waals surface area contributed by atoms with Crippen LogP contribution in [-0.2, 0) is 11.8 Å². The number of amides is 1. The number of aliphatic hydroxyl groups excluding tert-OH is 1. The average molecular weight is 521 g/mol. The van der Waals surface area contributed by atoms with Gasteiger partial charge < -0.3 is 25.2 Å². The average Bonchev–Trinajstić information content (AvgIpc) is 3.37. The van der Waals surface area contributed by atoms with E-state index in [1.807, 2.05) is 0 Å².